The molecule has 0 aliphatic carbocycles. The lowest BCUT2D eigenvalue weighted by Gasteiger charge is -2.15. The standard InChI is InChI=1S/C12H15BrN2O2S/c1-3-9(11(14)18)15-12(16)7-4-5-10(17-2)8(13)6-7/h4-6,9H,3H2,1-2H3,(H2,14,18)(H,15,16). The highest BCUT2D eigenvalue weighted by Gasteiger charge is 2.15. The first-order valence-corrected chi connectivity index (χ1v) is 6.63. The molecule has 3 N–H and O–H groups in total. The summed E-state index contributed by atoms with van der Waals surface area (Å²) in [4.78, 5) is 12.3. The Morgan fingerprint density at radius 2 is 2.28 bits per heavy atom. The van der Waals surface area contributed by atoms with Gasteiger partial charge in [-0.3, -0.25) is 4.79 Å². The quantitative estimate of drug-likeness (QED) is 0.813. The minimum atomic E-state index is -0.284. The number of carbonyl (C=O) groups excluding carboxylic acids is 1. The van der Waals surface area contributed by atoms with Gasteiger partial charge in [-0.1, -0.05) is 19.1 Å². The van der Waals surface area contributed by atoms with E-state index in [0.29, 0.717) is 22.7 Å². The summed E-state index contributed by atoms with van der Waals surface area (Å²) in [7, 11) is 1.57. The molecule has 0 aromatic heterocycles. The summed E-state index contributed by atoms with van der Waals surface area (Å²) in [5.41, 5.74) is 6.06. The van der Waals surface area contributed by atoms with E-state index in [1.54, 1.807) is 25.3 Å². The Morgan fingerprint density at radius 1 is 1.61 bits per heavy atom. The molecule has 0 fully saturated rings. The van der Waals surface area contributed by atoms with Crippen LogP contribution < -0.4 is 15.8 Å². The fourth-order valence-electron chi connectivity index (χ4n) is 1.42. The number of rotatable bonds is 5. The molecule has 98 valence electrons. The number of amides is 1. The predicted molar refractivity (Wildman–Crippen MR) is 79.0 cm³/mol. The van der Waals surface area contributed by atoms with Gasteiger partial charge in [0.25, 0.3) is 5.91 Å². The molecule has 4 nitrogen and oxygen atoms in total. The molecule has 0 spiro atoms. The van der Waals surface area contributed by atoms with Crippen molar-refractivity contribution >= 4 is 39.0 Å². The minimum absolute atomic E-state index is 0.210. The first kappa shape index (κ1) is 14.9. The Labute approximate surface area is 120 Å². The Hall–Kier alpha value is -1.14. The summed E-state index contributed by atoms with van der Waals surface area (Å²) in [6.07, 6.45) is 0.665. The Bertz CT molecular complexity index is 465. The molecular weight excluding hydrogens is 316 g/mol. The fourth-order valence-corrected chi connectivity index (χ4v) is 2.19. The van der Waals surface area contributed by atoms with Crippen LogP contribution in [-0.4, -0.2) is 24.0 Å². The minimum Gasteiger partial charge on any atom is -0.496 e. The maximum Gasteiger partial charge on any atom is 0.251 e. The fraction of sp³-hybridized carbons (Fsp3) is 0.333. The molecule has 1 unspecified atom stereocenters. The van der Waals surface area contributed by atoms with Gasteiger partial charge < -0.3 is 15.8 Å². The maximum atomic E-state index is 12.0. The van der Waals surface area contributed by atoms with E-state index < -0.39 is 0 Å². The van der Waals surface area contributed by atoms with Crippen molar-refractivity contribution in [3.63, 3.8) is 0 Å². The number of nitrogens with two attached hydrogens (primary N) is 1. The molecule has 1 aromatic carbocycles. The molecule has 6 heteroatoms. The zero-order valence-electron chi connectivity index (χ0n) is 10.2. The van der Waals surface area contributed by atoms with Crippen LogP contribution in [0.3, 0.4) is 0 Å². The van der Waals surface area contributed by atoms with Crippen LogP contribution in [0.25, 0.3) is 0 Å². The second-order valence-corrected chi connectivity index (χ2v) is 5.01. The van der Waals surface area contributed by atoms with Crippen LogP contribution in [0, 0.1) is 0 Å². The molecule has 18 heavy (non-hydrogen) atoms. The van der Waals surface area contributed by atoms with Gasteiger partial charge in [-0.2, -0.15) is 0 Å². The van der Waals surface area contributed by atoms with Crippen LogP contribution >= 0.6 is 28.1 Å². The van der Waals surface area contributed by atoms with Gasteiger partial charge in [0.2, 0.25) is 0 Å². The number of hydrogen-bond acceptors (Lipinski definition) is 3. The molecule has 0 radical (unpaired) electrons. The van der Waals surface area contributed by atoms with Crippen LogP contribution in [0.2, 0.25) is 0 Å². The molecule has 0 aliphatic rings. The number of nitrogens with one attached hydrogen (secondary N) is 1. The van der Waals surface area contributed by atoms with Crippen molar-refractivity contribution < 1.29 is 9.53 Å². The van der Waals surface area contributed by atoms with E-state index in [1.807, 2.05) is 6.92 Å². The number of benzene rings is 1. The lowest BCUT2D eigenvalue weighted by atomic mass is 10.1. The zero-order valence-corrected chi connectivity index (χ0v) is 12.6. The smallest absolute Gasteiger partial charge is 0.251 e. The number of ether oxygens (including phenoxy) is 1. The molecule has 0 heterocycles. The number of halogens is 1. The number of carbonyl (C=O) groups is 1. The molecule has 0 saturated heterocycles. The number of thiocarbonyl (C=S) groups is 1. The van der Waals surface area contributed by atoms with E-state index in [1.165, 1.54) is 0 Å². The van der Waals surface area contributed by atoms with E-state index in [0.717, 1.165) is 4.47 Å². The van der Waals surface area contributed by atoms with Gasteiger partial charge in [-0.05, 0) is 40.5 Å². The molecule has 1 aromatic rings. The van der Waals surface area contributed by atoms with E-state index in [9.17, 15) is 4.79 Å². The van der Waals surface area contributed by atoms with Gasteiger partial charge in [0.05, 0.1) is 22.6 Å². The van der Waals surface area contributed by atoms with Crippen LogP contribution in [0.15, 0.2) is 22.7 Å². The highest BCUT2D eigenvalue weighted by atomic mass is 79.9. The third-order valence-electron chi connectivity index (χ3n) is 2.47. The second kappa shape index (κ2) is 6.70. The molecule has 0 aliphatic heterocycles. The highest BCUT2D eigenvalue weighted by Crippen LogP contribution is 2.25. The van der Waals surface area contributed by atoms with Crippen LogP contribution in [0.1, 0.15) is 23.7 Å². The first-order chi connectivity index (χ1) is 8.49. The summed E-state index contributed by atoms with van der Waals surface area (Å²) in [5, 5.41) is 2.78. The lowest BCUT2D eigenvalue weighted by Crippen LogP contribution is -2.42. The van der Waals surface area contributed by atoms with Crippen molar-refractivity contribution in [2.75, 3.05) is 7.11 Å². The average Bonchev–Trinajstić information content (AvgIpc) is 2.35. The normalized spacial score (nSPS) is 11.7. The monoisotopic (exact) mass is 330 g/mol. The van der Waals surface area contributed by atoms with Crippen molar-refractivity contribution in [1.29, 1.82) is 0 Å². The second-order valence-electron chi connectivity index (χ2n) is 3.69. The van der Waals surface area contributed by atoms with E-state index in [4.69, 9.17) is 22.7 Å². The Balaban J connectivity index is 2.84. The van der Waals surface area contributed by atoms with E-state index in [2.05, 4.69) is 21.2 Å². The van der Waals surface area contributed by atoms with Crippen LogP contribution in [-0.2, 0) is 0 Å². The number of methoxy groups -OCH3 is 1. The molecule has 0 saturated carbocycles. The van der Waals surface area contributed by atoms with Gasteiger partial charge in [0.15, 0.2) is 0 Å². The summed E-state index contributed by atoms with van der Waals surface area (Å²) in [6, 6.07) is 4.82. The molecule has 0 bridgehead atoms. The molecule has 1 rings (SSSR count). The van der Waals surface area contributed by atoms with Crippen LogP contribution in [0.5, 0.6) is 5.75 Å². The van der Waals surface area contributed by atoms with Gasteiger partial charge in [0, 0.05) is 5.56 Å². The Morgan fingerprint density at radius 3 is 2.72 bits per heavy atom. The molecular formula is C12H15BrN2O2S. The van der Waals surface area contributed by atoms with Crippen molar-refractivity contribution in [3.05, 3.63) is 28.2 Å². The SMILES string of the molecule is CCC(NC(=O)c1ccc(OC)c(Br)c1)C(N)=S. The zero-order chi connectivity index (χ0) is 13.7. The Kier molecular flexibility index (Phi) is 5.55. The van der Waals surface area contributed by atoms with E-state index >= 15 is 0 Å². The molecule has 1 atom stereocenters. The van der Waals surface area contributed by atoms with Crippen molar-refractivity contribution in [2.45, 2.75) is 19.4 Å². The highest BCUT2D eigenvalue weighted by molar-refractivity contribution is 9.10. The van der Waals surface area contributed by atoms with Crippen LogP contribution in [0.4, 0.5) is 0 Å². The predicted octanol–water partition coefficient (Wildman–Crippen LogP) is 2.25. The largest absolute Gasteiger partial charge is 0.496 e. The topological polar surface area (TPSA) is 64.3 Å². The van der Waals surface area contributed by atoms with Crippen molar-refractivity contribution in [2.24, 2.45) is 5.73 Å². The van der Waals surface area contributed by atoms with Gasteiger partial charge in [0.1, 0.15) is 5.75 Å². The van der Waals surface area contributed by atoms with Gasteiger partial charge >= 0.3 is 0 Å². The summed E-state index contributed by atoms with van der Waals surface area (Å²) in [6.45, 7) is 1.91. The summed E-state index contributed by atoms with van der Waals surface area (Å²) < 4.78 is 5.82. The average molecular weight is 331 g/mol. The summed E-state index contributed by atoms with van der Waals surface area (Å²) in [5.74, 6) is 0.464. The number of hydrogen-bond donors (Lipinski definition) is 2. The maximum absolute atomic E-state index is 12.0. The van der Waals surface area contributed by atoms with Gasteiger partial charge in [-0.15, -0.1) is 0 Å². The van der Waals surface area contributed by atoms with Crippen molar-refractivity contribution in [1.82, 2.24) is 5.32 Å². The van der Waals surface area contributed by atoms with Gasteiger partial charge in [-0.25, -0.2) is 0 Å². The van der Waals surface area contributed by atoms with E-state index in [-0.39, 0.29) is 11.9 Å². The third kappa shape index (κ3) is 3.68. The third-order valence-corrected chi connectivity index (χ3v) is 3.38. The van der Waals surface area contributed by atoms with Crippen molar-refractivity contribution in [3.8, 4) is 5.75 Å². The lowest BCUT2D eigenvalue weighted by molar-refractivity contribution is 0.0946. The first-order valence-electron chi connectivity index (χ1n) is 5.43. The molecule has 1 amide bonds. The summed E-state index contributed by atoms with van der Waals surface area (Å²) >= 11 is 8.22.